The number of hydrogen-bond acceptors (Lipinski definition) is 5. The van der Waals surface area contributed by atoms with Gasteiger partial charge in [-0.2, -0.15) is 0 Å². The number of nitrogens with two attached hydrogens (primary N) is 1. The van der Waals surface area contributed by atoms with Crippen molar-refractivity contribution in [3.05, 3.63) is 40.7 Å². The Bertz CT molecular complexity index is 723. The zero-order valence-electron chi connectivity index (χ0n) is 13.9. The fourth-order valence-corrected chi connectivity index (χ4v) is 3.77. The Morgan fingerprint density at radius 3 is 3.00 bits per heavy atom. The van der Waals surface area contributed by atoms with Crippen LogP contribution in [0.2, 0.25) is 0 Å². The molecule has 0 aliphatic carbocycles. The minimum absolute atomic E-state index is 0.0876. The molecular weight excluding hydrogens is 341 g/mol. The molecule has 0 unspecified atom stereocenters. The van der Waals surface area contributed by atoms with Gasteiger partial charge < -0.3 is 16.0 Å². The lowest BCUT2D eigenvalue weighted by Gasteiger charge is -2.30. The molecule has 1 aliphatic heterocycles. The molecule has 0 radical (unpaired) electrons. The lowest BCUT2D eigenvalue weighted by molar-refractivity contribution is 0.176. The lowest BCUT2D eigenvalue weighted by Crippen LogP contribution is -2.42. The molecule has 1 fully saturated rings. The Kier molecular flexibility index (Phi) is 5.80. The molecule has 8 heteroatoms. The Morgan fingerprint density at radius 2 is 2.24 bits per heavy atom. The van der Waals surface area contributed by atoms with Crippen molar-refractivity contribution in [1.82, 2.24) is 20.4 Å². The zero-order chi connectivity index (χ0) is 17.6. The summed E-state index contributed by atoms with van der Waals surface area (Å²) in [6.07, 6.45) is 4.53. The van der Waals surface area contributed by atoms with Gasteiger partial charge in [0.05, 0.1) is 6.04 Å². The van der Waals surface area contributed by atoms with Crippen molar-refractivity contribution < 1.29 is 9.18 Å². The molecule has 0 spiro atoms. The SMILES string of the molecule is Nc1nnc(CCNC(=O)N2CCCCC[C@H]2c2cccc(F)c2)s1. The van der Waals surface area contributed by atoms with E-state index in [0.29, 0.717) is 24.6 Å². The minimum Gasteiger partial charge on any atom is -0.374 e. The van der Waals surface area contributed by atoms with Crippen LogP contribution in [-0.2, 0) is 6.42 Å². The van der Waals surface area contributed by atoms with Gasteiger partial charge in [0.15, 0.2) is 0 Å². The molecule has 2 aromatic rings. The van der Waals surface area contributed by atoms with Crippen molar-refractivity contribution in [3.8, 4) is 0 Å². The summed E-state index contributed by atoms with van der Waals surface area (Å²) in [5.41, 5.74) is 6.41. The van der Waals surface area contributed by atoms with Crippen LogP contribution in [0.5, 0.6) is 0 Å². The number of rotatable bonds is 4. The lowest BCUT2D eigenvalue weighted by atomic mass is 10.0. The van der Waals surface area contributed by atoms with E-state index < -0.39 is 0 Å². The highest BCUT2D eigenvalue weighted by Gasteiger charge is 2.26. The van der Waals surface area contributed by atoms with Gasteiger partial charge in [-0.1, -0.05) is 36.3 Å². The first kappa shape index (κ1) is 17.6. The molecule has 134 valence electrons. The van der Waals surface area contributed by atoms with Gasteiger partial charge in [-0.3, -0.25) is 0 Å². The first-order valence-corrected chi connectivity index (χ1v) is 9.33. The third-order valence-electron chi connectivity index (χ3n) is 4.34. The van der Waals surface area contributed by atoms with Crippen molar-refractivity contribution >= 4 is 22.5 Å². The van der Waals surface area contributed by atoms with Crippen LogP contribution >= 0.6 is 11.3 Å². The number of amides is 2. The largest absolute Gasteiger partial charge is 0.374 e. The topological polar surface area (TPSA) is 84.1 Å². The standard InChI is InChI=1S/C17H22FN5OS/c18-13-6-4-5-12(11-13)14-7-2-1-3-10-23(14)17(24)20-9-8-15-21-22-16(19)25-15/h4-6,11,14H,1-3,7-10H2,(H2,19,22)(H,20,24)/t14-/m0/s1. The maximum absolute atomic E-state index is 13.6. The highest BCUT2D eigenvalue weighted by molar-refractivity contribution is 7.15. The summed E-state index contributed by atoms with van der Waals surface area (Å²) in [4.78, 5) is 14.5. The van der Waals surface area contributed by atoms with Crippen LogP contribution in [-0.4, -0.2) is 34.2 Å². The van der Waals surface area contributed by atoms with Gasteiger partial charge in [0, 0.05) is 19.5 Å². The monoisotopic (exact) mass is 363 g/mol. The van der Waals surface area contributed by atoms with E-state index in [0.717, 1.165) is 36.3 Å². The molecule has 1 atom stereocenters. The maximum Gasteiger partial charge on any atom is 0.317 e. The van der Waals surface area contributed by atoms with E-state index in [9.17, 15) is 9.18 Å². The fraction of sp³-hybridized carbons (Fsp3) is 0.471. The number of urea groups is 1. The molecule has 3 rings (SSSR count). The molecule has 6 nitrogen and oxygen atoms in total. The van der Waals surface area contributed by atoms with Gasteiger partial charge in [-0.05, 0) is 30.5 Å². The number of likely N-dealkylation sites (tertiary alicyclic amines) is 1. The highest BCUT2D eigenvalue weighted by atomic mass is 32.1. The number of hydrogen-bond donors (Lipinski definition) is 2. The van der Waals surface area contributed by atoms with Gasteiger partial charge in [0.25, 0.3) is 0 Å². The Hall–Kier alpha value is -2.22. The van der Waals surface area contributed by atoms with Gasteiger partial charge in [0.1, 0.15) is 10.8 Å². The molecule has 0 bridgehead atoms. The average molecular weight is 363 g/mol. The summed E-state index contributed by atoms with van der Waals surface area (Å²) in [6.45, 7) is 1.15. The molecule has 1 aromatic heterocycles. The number of nitrogens with one attached hydrogen (secondary N) is 1. The van der Waals surface area contributed by atoms with Gasteiger partial charge in [0.2, 0.25) is 5.13 Å². The smallest absolute Gasteiger partial charge is 0.317 e. The average Bonchev–Trinajstić information content (AvgIpc) is 2.86. The van der Waals surface area contributed by atoms with E-state index in [-0.39, 0.29) is 17.9 Å². The number of nitrogen functional groups attached to an aromatic ring is 1. The number of carbonyl (C=O) groups excluding carboxylic acids is 1. The summed E-state index contributed by atoms with van der Waals surface area (Å²) in [5.74, 6) is -0.268. The molecule has 0 saturated carbocycles. The molecule has 1 aromatic carbocycles. The Balaban J connectivity index is 1.64. The van der Waals surface area contributed by atoms with E-state index in [1.165, 1.54) is 23.5 Å². The number of aromatic nitrogens is 2. The quantitative estimate of drug-likeness (QED) is 0.874. The summed E-state index contributed by atoms with van der Waals surface area (Å²) in [7, 11) is 0. The Labute approximate surface area is 150 Å². The van der Waals surface area contributed by atoms with Crippen molar-refractivity contribution in [1.29, 1.82) is 0 Å². The van der Waals surface area contributed by atoms with Crippen LogP contribution in [0.3, 0.4) is 0 Å². The second kappa shape index (κ2) is 8.24. The summed E-state index contributed by atoms with van der Waals surface area (Å²) < 4.78 is 13.6. The van der Waals surface area contributed by atoms with Crippen molar-refractivity contribution in [2.75, 3.05) is 18.8 Å². The minimum atomic E-state index is -0.268. The van der Waals surface area contributed by atoms with Crippen LogP contribution in [0.1, 0.15) is 42.3 Å². The highest BCUT2D eigenvalue weighted by Crippen LogP contribution is 2.30. The van der Waals surface area contributed by atoms with Gasteiger partial charge in [-0.15, -0.1) is 10.2 Å². The molecule has 3 N–H and O–H groups in total. The van der Waals surface area contributed by atoms with Gasteiger partial charge in [-0.25, -0.2) is 9.18 Å². The number of halogens is 1. The van der Waals surface area contributed by atoms with Crippen LogP contribution in [0, 0.1) is 5.82 Å². The molecule has 2 heterocycles. The second-order valence-electron chi connectivity index (χ2n) is 6.13. The second-order valence-corrected chi connectivity index (χ2v) is 7.22. The van der Waals surface area contributed by atoms with E-state index in [1.54, 1.807) is 6.07 Å². The molecule has 25 heavy (non-hydrogen) atoms. The Morgan fingerprint density at radius 1 is 1.36 bits per heavy atom. The maximum atomic E-state index is 13.6. The van der Waals surface area contributed by atoms with E-state index in [4.69, 9.17) is 5.73 Å². The first-order chi connectivity index (χ1) is 12.1. The predicted molar refractivity (Wildman–Crippen MR) is 95.7 cm³/mol. The van der Waals surface area contributed by atoms with Crippen LogP contribution < -0.4 is 11.1 Å². The number of carbonyl (C=O) groups is 1. The predicted octanol–water partition coefficient (Wildman–Crippen LogP) is 3.13. The molecular formula is C17H22FN5OS. The third-order valence-corrected chi connectivity index (χ3v) is 5.16. The van der Waals surface area contributed by atoms with Crippen LogP contribution in [0.4, 0.5) is 14.3 Å². The van der Waals surface area contributed by atoms with Crippen LogP contribution in [0.15, 0.2) is 24.3 Å². The molecule has 1 aliphatic rings. The number of nitrogens with zero attached hydrogens (tertiary/aromatic N) is 3. The van der Waals surface area contributed by atoms with Crippen LogP contribution in [0.25, 0.3) is 0 Å². The van der Waals surface area contributed by atoms with E-state index >= 15 is 0 Å². The van der Waals surface area contributed by atoms with E-state index in [1.807, 2.05) is 11.0 Å². The summed E-state index contributed by atoms with van der Waals surface area (Å²) >= 11 is 1.33. The van der Waals surface area contributed by atoms with Crippen molar-refractivity contribution in [2.24, 2.45) is 0 Å². The number of benzene rings is 1. The normalized spacial score (nSPS) is 18.0. The van der Waals surface area contributed by atoms with Crippen molar-refractivity contribution in [2.45, 2.75) is 38.1 Å². The molecule has 1 saturated heterocycles. The van der Waals surface area contributed by atoms with E-state index in [2.05, 4.69) is 15.5 Å². The summed E-state index contributed by atoms with van der Waals surface area (Å²) in [6, 6.07) is 6.34. The number of anilines is 1. The third kappa shape index (κ3) is 4.66. The molecule has 2 amide bonds. The zero-order valence-corrected chi connectivity index (χ0v) is 14.8. The van der Waals surface area contributed by atoms with Crippen molar-refractivity contribution in [3.63, 3.8) is 0 Å². The first-order valence-electron chi connectivity index (χ1n) is 8.51. The summed E-state index contributed by atoms with van der Waals surface area (Å²) in [5, 5.41) is 11.9. The van der Waals surface area contributed by atoms with Gasteiger partial charge >= 0.3 is 6.03 Å². The fourth-order valence-electron chi connectivity index (χ4n) is 3.16.